The maximum absolute atomic E-state index is 6.06. The number of aryl methyl sites for hydroxylation is 2. The van der Waals surface area contributed by atoms with Crippen LogP contribution in [0, 0.1) is 20.8 Å². The van der Waals surface area contributed by atoms with Gasteiger partial charge in [-0.15, -0.1) is 0 Å². The van der Waals surface area contributed by atoms with Gasteiger partial charge in [0.1, 0.15) is 11.6 Å². The fourth-order valence-corrected chi connectivity index (χ4v) is 2.33. The normalized spacial score (nSPS) is 14.7. The van der Waals surface area contributed by atoms with Gasteiger partial charge in [0.25, 0.3) is 0 Å². The number of anilines is 1. The van der Waals surface area contributed by atoms with Crippen LogP contribution in [-0.2, 0) is 0 Å². The van der Waals surface area contributed by atoms with Gasteiger partial charge in [-0.1, -0.05) is 17.7 Å². The molecule has 0 atom stereocenters. The molecule has 1 aliphatic rings. The van der Waals surface area contributed by atoms with Crippen LogP contribution in [0.3, 0.4) is 0 Å². The van der Waals surface area contributed by atoms with Gasteiger partial charge in [0.15, 0.2) is 0 Å². The van der Waals surface area contributed by atoms with E-state index in [1.54, 1.807) is 0 Å². The van der Waals surface area contributed by atoms with Crippen molar-refractivity contribution in [2.45, 2.75) is 39.5 Å². The van der Waals surface area contributed by atoms with Crippen molar-refractivity contribution in [3.63, 3.8) is 0 Å². The van der Waals surface area contributed by atoms with Gasteiger partial charge in [-0.3, -0.25) is 0 Å². The fourth-order valence-electron chi connectivity index (χ4n) is 2.33. The molecule has 1 fully saturated rings. The van der Waals surface area contributed by atoms with Gasteiger partial charge >= 0.3 is 0 Å². The van der Waals surface area contributed by atoms with E-state index in [-0.39, 0.29) is 0 Å². The van der Waals surface area contributed by atoms with Gasteiger partial charge in [0, 0.05) is 17.0 Å². The van der Waals surface area contributed by atoms with Crippen LogP contribution in [0.1, 0.15) is 41.3 Å². The molecule has 19 heavy (non-hydrogen) atoms. The lowest BCUT2D eigenvalue weighted by Gasteiger charge is -2.12. The molecule has 98 valence electrons. The van der Waals surface area contributed by atoms with Gasteiger partial charge in [0.2, 0.25) is 0 Å². The topological polar surface area (TPSA) is 51.8 Å². The van der Waals surface area contributed by atoms with Crippen LogP contribution in [0.15, 0.2) is 18.2 Å². The largest absolute Gasteiger partial charge is 0.383 e. The number of hydrogen-bond acceptors (Lipinski definition) is 3. The Morgan fingerprint density at radius 1 is 1.11 bits per heavy atom. The van der Waals surface area contributed by atoms with E-state index in [0.717, 1.165) is 17.1 Å². The van der Waals surface area contributed by atoms with Gasteiger partial charge in [-0.2, -0.15) is 0 Å². The smallest absolute Gasteiger partial charge is 0.134 e. The summed E-state index contributed by atoms with van der Waals surface area (Å²) in [5.74, 6) is 2.05. The fraction of sp³-hybridized carbons (Fsp3) is 0.375. The third-order valence-corrected chi connectivity index (χ3v) is 3.79. The summed E-state index contributed by atoms with van der Waals surface area (Å²) in [5, 5.41) is 0. The zero-order valence-electron chi connectivity index (χ0n) is 11.7. The number of nitrogens with two attached hydrogens (primary N) is 1. The first-order valence-corrected chi connectivity index (χ1v) is 6.78. The second-order valence-corrected chi connectivity index (χ2v) is 5.53. The van der Waals surface area contributed by atoms with E-state index in [4.69, 9.17) is 10.7 Å². The monoisotopic (exact) mass is 253 g/mol. The van der Waals surface area contributed by atoms with Crippen molar-refractivity contribution in [3.8, 4) is 11.3 Å². The first kappa shape index (κ1) is 12.2. The standard InChI is InChI=1S/C16H19N3/c1-9-4-5-10(2)13(8-9)14-11(3)15(17)19-16(18-14)12-6-7-12/h4-5,8,12H,6-7H2,1-3H3,(H2,17,18,19). The second kappa shape index (κ2) is 4.34. The van der Waals surface area contributed by atoms with E-state index < -0.39 is 0 Å². The predicted octanol–water partition coefficient (Wildman–Crippen LogP) is 3.53. The number of nitrogen functional groups attached to an aromatic ring is 1. The molecule has 3 rings (SSSR count). The molecule has 0 amide bonds. The Morgan fingerprint density at radius 3 is 2.53 bits per heavy atom. The van der Waals surface area contributed by atoms with Gasteiger partial charge in [0.05, 0.1) is 5.69 Å². The summed E-state index contributed by atoms with van der Waals surface area (Å²) >= 11 is 0. The van der Waals surface area contributed by atoms with Crippen LogP contribution in [0.5, 0.6) is 0 Å². The van der Waals surface area contributed by atoms with E-state index in [9.17, 15) is 0 Å². The molecule has 3 nitrogen and oxygen atoms in total. The first-order valence-electron chi connectivity index (χ1n) is 6.78. The Kier molecular flexibility index (Phi) is 2.77. The lowest BCUT2D eigenvalue weighted by atomic mass is 9.99. The van der Waals surface area contributed by atoms with Crippen molar-refractivity contribution in [2.24, 2.45) is 0 Å². The summed E-state index contributed by atoms with van der Waals surface area (Å²) < 4.78 is 0. The number of rotatable bonds is 2. The Balaban J connectivity index is 2.20. The third kappa shape index (κ3) is 2.21. The van der Waals surface area contributed by atoms with Crippen molar-refractivity contribution in [2.75, 3.05) is 5.73 Å². The summed E-state index contributed by atoms with van der Waals surface area (Å²) in [6, 6.07) is 6.44. The minimum atomic E-state index is 0.520. The first-order chi connectivity index (χ1) is 9.06. The van der Waals surface area contributed by atoms with Gasteiger partial charge in [-0.05, 0) is 45.2 Å². The van der Waals surface area contributed by atoms with Crippen LogP contribution < -0.4 is 5.73 Å². The third-order valence-electron chi connectivity index (χ3n) is 3.79. The molecule has 1 aromatic heterocycles. The van der Waals surface area contributed by atoms with E-state index >= 15 is 0 Å². The highest BCUT2D eigenvalue weighted by molar-refractivity contribution is 5.70. The number of nitrogens with zero attached hydrogens (tertiary/aromatic N) is 2. The van der Waals surface area contributed by atoms with E-state index in [2.05, 4.69) is 37.0 Å². The summed E-state index contributed by atoms with van der Waals surface area (Å²) in [4.78, 5) is 9.22. The Bertz CT molecular complexity index is 643. The highest BCUT2D eigenvalue weighted by atomic mass is 15.0. The molecule has 1 aromatic carbocycles. The summed E-state index contributed by atoms with van der Waals surface area (Å²) in [5.41, 5.74) is 11.7. The molecule has 0 aliphatic heterocycles. The zero-order valence-corrected chi connectivity index (χ0v) is 11.7. The summed E-state index contributed by atoms with van der Waals surface area (Å²) in [6.45, 7) is 6.22. The van der Waals surface area contributed by atoms with Crippen molar-refractivity contribution >= 4 is 5.82 Å². The summed E-state index contributed by atoms with van der Waals surface area (Å²) in [6.07, 6.45) is 2.38. The quantitative estimate of drug-likeness (QED) is 0.890. The van der Waals surface area contributed by atoms with Crippen molar-refractivity contribution < 1.29 is 0 Å². The Morgan fingerprint density at radius 2 is 1.84 bits per heavy atom. The van der Waals surface area contributed by atoms with Crippen LogP contribution in [0.2, 0.25) is 0 Å². The molecule has 1 saturated carbocycles. The van der Waals surface area contributed by atoms with Crippen LogP contribution in [-0.4, -0.2) is 9.97 Å². The second-order valence-electron chi connectivity index (χ2n) is 5.53. The van der Waals surface area contributed by atoms with Crippen LogP contribution >= 0.6 is 0 Å². The molecular formula is C16H19N3. The molecule has 0 unspecified atom stereocenters. The zero-order chi connectivity index (χ0) is 13.6. The van der Waals surface area contributed by atoms with E-state index in [0.29, 0.717) is 11.7 Å². The van der Waals surface area contributed by atoms with Crippen molar-refractivity contribution in [3.05, 3.63) is 40.7 Å². The van der Waals surface area contributed by atoms with Gasteiger partial charge < -0.3 is 5.73 Å². The highest BCUT2D eigenvalue weighted by Gasteiger charge is 2.28. The number of aromatic nitrogens is 2. The maximum Gasteiger partial charge on any atom is 0.134 e. The average molecular weight is 253 g/mol. The van der Waals surface area contributed by atoms with Crippen molar-refractivity contribution in [1.29, 1.82) is 0 Å². The molecule has 2 aromatic rings. The molecule has 0 spiro atoms. The molecule has 0 saturated heterocycles. The average Bonchev–Trinajstić information content (AvgIpc) is 3.20. The summed E-state index contributed by atoms with van der Waals surface area (Å²) in [7, 11) is 0. The molecular weight excluding hydrogens is 234 g/mol. The van der Waals surface area contributed by atoms with E-state index in [1.807, 2.05) is 6.92 Å². The molecule has 0 bridgehead atoms. The van der Waals surface area contributed by atoms with Gasteiger partial charge in [-0.25, -0.2) is 9.97 Å². The number of hydrogen-bond donors (Lipinski definition) is 1. The molecule has 2 N–H and O–H groups in total. The minimum Gasteiger partial charge on any atom is -0.383 e. The lowest BCUT2D eigenvalue weighted by molar-refractivity contribution is 0.927. The number of benzene rings is 1. The molecule has 3 heteroatoms. The molecule has 1 heterocycles. The van der Waals surface area contributed by atoms with Crippen molar-refractivity contribution in [1.82, 2.24) is 9.97 Å². The Hall–Kier alpha value is -1.90. The minimum absolute atomic E-state index is 0.520. The van der Waals surface area contributed by atoms with E-state index in [1.165, 1.54) is 29.5 Å². The molecule has 1 aliphatic carbocycles. The predicted molar refractivity (Wildman–Crippen MR) is 78.1 cm³/mol. The SMILES string of the molecule is Cc1ccc(C)c(-c2nc(C3CC3)nc(N)c2C)c1. The highest BCUT2D eigenvalue weighted by Crippen LogP contribution is 2.40. The van der Waals surface area contributed by atoms with Crippen LogP contribution in [0.4, 0.5) is 5.82 Å². The lowest BCUT2D eigenvalue weighted by Crippen LogP contribution is -2.04. The van der Waals surface area contributed by atoms with Crippen LogP contribution in [0.25, 0.3) is 11.3 Å². The maximum atomic E-state index is 6.06. The molecule has 0 radical (unpaired) electrons. The Labute approximate surface area is 113 Å².